The Balaban J connectivity index is 0.000000149. The molecule has 11 rings (SSSR count). The minimum Gasteiger partial charge on any atom is -0.414 e. The van der Waals surface area contributed by atoms with Gasteiger partial charge >= 0.3 is 0 Å². The molecular formula is C51H70Cl4F3N9O12Si2. The molecule has 5 fully saturated rings. The van der Waals surface area contributed by atoms with Crippen molar-refractivity contribution in [1.82, 2.24) is 44.0 Å². The van der Waals surface area contributed by atoms with Crippen LogP contribution in [0.1, 0.15) is 81.7 Å². The fraction of sp³-hybridized carbons (Fsp3) is 0.647. The van der Waals surface area contributed by atoms with E-state index in [1.165, 1.54) is 29.6 Å². The van der Waals surface area contributed by atoms with Crippen molar-refractivity contribution in [3.05, 3.63) is 70.5 Å². The summed E-state index contributed by atoms with van der Waals surface area (Å²) in [5.74, 6) is -2.97. The number of aromatic amines is 1. The van der Waals surface area contributed by atoms with Gasteiger partial charge in [-0.05, 0) is 64.0 Å². The summed E-state index contributed by atoms with van der Waals surface area (Å²) in [5, 5.41) is 29.5. The van der Waals surface area contributed by atoms with Crippen molar-refractivity contribution >= 4 is 96.1 Å². The van der Waals surface area contributed by atoms with E-state index < -0.39 is 94.7 Å². The third-order valence-corrected chi connectivity index (χ3v) is 25.7. The summed E-state index contributed by atoms with van der Waals surface area (Å²) >= 11 is 23.7. The van der Waals surface area contributed by atoms with Crippen LogP contribution < -0.4 is 0 Å². The van der Waals surface area contributed by atoms with Crippen LogP contribution in [0.2, 0.25) is 51.7 Å². The molecule has 0 aliphatic carbocycles. The zero-order valence-electron chi connectivity index (χ0n) is 47.3. The Morgan fingerprint density at radius 3 is 1.48 bits per heavy atom. The van der Waals surface area contributed by atoms with Gasteiger partial charge in [0.15, 0.2) is 63.7 Å². The number of hydrogen-bond acceptors (Lipinski definition) is 18. The van der Waals surface area contributed by atoms with Crippen LogP contribution in [-0.2, 0) is 42.0 Å². The molecule has 5 aliphatic heterocycles. The van der Waals surface area contributed by atoms with Gasteiger partial charge in [0, 0.05) is 18.6 Å². The van der Waals surface area contributed by atoms with Crippen LogP contribution in [0, 0.1) is 17.5 Å². The smallest absolute Gasteiger partial charge is 0.192 e. The van der Waals surface area contributed by atoms with Crippen molar-refractivity contribution in [2.45, 2.75) is 190 Å². The van der Waals surface area contributed by atoms with Crippen LogP contribution in [0.5, 0.6) is 0 Å². The van der Waals surface area contributed by atoms with Gasteiger partial charge < -0.3 is 71.4 Å². The fourth-order valence-electron chi connectivity index (χ4n) is 9.19. The number of hydrogen-bond donors (Lipinski definition) is 4. The number of aromatic nitrogens is 9. The van der Waals surface area contributed by atoms with Crippen molar-refractivity contribution < 1.29 is 70.5 Å². The summed E-state index contributed by atoms with van der Waals surface area (Å²) < 4.78 is 98.2. The first-order chi connectivity index (χ1) is 37.6. The second-order valence-corrected chi connectivity index (χ2v) is 35.2. The molecule has 0 amide bonds. The van der Waals surface area contributed by atoms with Crippen LogP contribution in [-0.4, -0.2) is 168 Å². The average molecular weight is 1260 g/mol. The Morgan fingerprint density at radius 2 is 1.01 bits per heavy atom. The van der Waals surface area contributed by atoms with Crippen molar-refractivity contribution in [3.8, 4) is 0 Å². The SMILES string of the molecule is CC1(C)OC2[C@@H](CO[Si](C)(C)C(C)(C)C)O[C@@H](n3cc(F)c4c(Cl)ncnc43)[C@H]2O1.CC1(C)OC2[C@@H](CO[Si](C)(C)C(C)(C)C)O[C@H](Cl)[C@H]2O1.Fc1c[nH]c2ncnc(Cl)c12.OC[C@H]1O[C@@H](n2cc(F)c3c(Cl)ncnc32)[C@@H](O)C1O. The maximum Gasteiger partial charge on any atom is 0.192 e. The standard InChI is InChI=1S/C20H29ClFN3O4Si.C14H27ClO4Si.C11H11ClFN3O4.C6H3ClFN3/c1-19(2,3)30(6,7)26-9-12-14-15(29-20(4,5)28-14)18(27-12)25-8-11(22)13-16(21)23-10-24-17(13)25;1-13(2,3)20(6,7)16-8-9-10-11(12(15)17-9)19-14(4,5)18-10;12-9-6-4(13)1-16(10(6)15-3-14-9)11-8(19)7(18)5(2-17)20-11;7-5-4-3(8)1-9-6(4)11-2-10-5/h8,10,12,14-15,18H,9H2,1-7H3;9-12H,8H2,1-7H3;1,3,5,7-8,11,17-19H,2H2;1-2H,(H,9,10,11)/t12-,14?,15+,18-;9-,10?,11+,12+;5-,7?,8+,11-;/m111./s1. The molecule has 21 nitrogen and oxygen atoms in total. The van der Waals surface area contributed by atoms with Crippen LogP contribution >= 0.6 is 46.4 Å². The molecule has 448 valence electrons. The molecule has 30 heteroatoms. The highest BCUT2D eigenvalue weighted by molar-refractivity contribution is 6.74. The molecule has 5 saturated heterocycles. The van der Waals surface area contributed by atoms with E-state index in [-0.39, 0.29) is 77.9 Å². The van der Waals surface area contributed by atoms with Crippen LogP contribution in [0.3, 0.4) is 0 Å². The summed E-state index contributed by atoms with van der Waals surface area (Å²) in [6.45, 7) is 30.1. The fourth-order valence-corrected chi connectivity index (χ4v) is 12.2. The number of rotatable bonds is 9. The number of ether oxygens (including phenoxy) is 7. The first kappa shape index (κ1) is 63.8. The van der Waals surface area contributed by atoms with Crippen LogP contribution in [0.4, 0.5) is 13.2 Å². The highest BCUT2D eigenvalue weighted by Gasteiger charge is 2.58. The van der Waals surface area contributed by atoms with Gasteiger partial charge in [0.05, 0.1) is 36.0 Å². The lowest BCUT2D eigenvalue weighted by molar-refractivity contribution is -0.199. The molecule has 3 unspecified atom stereocenters. The van der Waals surface area contributed by atoms with E-state index in [0.29, 0.717) is 24.5 Å². The lowest BCUT2D eigenvalue weighted by Gasteiger charge is -2.37. The number of aliphatic hydroxyl groups excluding tert-OH is 3. The summed E-state index contributed by atoms with van der Waals surface area (Å²) in [6.07, 6.45) is 0.460. The molecule has 11 heterocycles. The molecule has 4 N–H and O–H groups in total. The van der Waals surface area contributed by atoms with E-state index in [4.69, 9.17) is 93.5 Å². The lowest BCUT2D eigenvalue weighted by Crippen LogP contribution is -2.44. The van der Waals surface area contributed by atoms with Crippen LogP contribution in [0.15, 0.2) is 37.6 Å². The predicted octanol–water partition coefficient (Wildman–Crippen LogP) is 9.74. The van der Waals surface area contributed by atoms with Crippen molar-refractivity contribution in [2.75, 3.05) is 19.8 Å². The van der Waals surface area contributed by atoms with Gasteiger partial charge in [-0.2, -0.15) is 0 Å². The molecule has 0 bridgehead atoms. The number of halogens is 7. The highest BCUT2D eigenvalue weighted by atomic mass is 35.5. The molecule has 0 spiro atoms. The van der Waals surface area contributed by atoms with Crippen molar-refractivity contribution in [2.24, 2.45) is 0 Å². The summed E-state index contributed by atoms with van der Waals surface area (Å²) in [4.78, 5) is 25.7. The maximum absolute atomic E-state index is 14.6. The average Bonchev–Trinajstić information content (AvgIpc) is 4.33. The number of fused-ring (bicyclic) bond motifs is 5. The van der Waals surface area contributed by atoms with E-state index >= 15 is 0 Å². The van der Waals surface area contributed by atoms with Gasteiger partial charge in [-0.1, -0.05) is 87.9 Å². The first-order valence-electron chi connectivity index (χ1n) is 26.1. The third-order valence-electron chi connectivity index (χ3n) is 15.5. The Kier molecular flexibility index (Phi) is 18.8. The van der Waals surface area contributed by atoms with E-state index in [9.17, 15) is 23.4 Å². The minimum atomic E-state index is -1.98. The van der Waals surface area contributed by atoms with Gasteiger partial charge in [-0.15, -0.1) is 0 Å². The number of H-pyrrole nitrogens is 1. The van der Waals surface area contributed by atoms with Crippen molar-refractivity contribution in [3.63, 3.8) is 0 Å². The van der Waals surface area contributed by atoms with Crippen LogP contribution in [0.25, 0.3) is 33.1 Å². The summed E-state index contributed by atoms with van der Waals surface area (Å²) in [5.41, 5.74) is 0.449. The normalized spacial score (nSPS) is 28.8. The Hall–Kier alpha value is -3.24. The second kappa shape index (κ2) is 23.9. The molecule has 5 aliphatic rings. The van der Waals surface area contributed by atoms with Crippen molar-refractivity contribution in [1.29, 1.82) is 0 Å². The number of alkyl halides is 1. The van der Waals surface area contributed by atoms with E-state index in [1.807, 2.05) is 27.7 Å². The highest BCUT2D eigenvalue weighted by Crippen LogP contribution is 2.47. The number of nitrogens with one attached hydrogen (secondary N) is 1. The Bertz CT molecular complexity index is 3190. The monoisotopic (exact) mass is 1250 g/mol. The van der Waals surface area contributed by atoms with Gasteiger partial charge in [-0.25, -0.2) is 43.1 Å². The van der Waals surface area contributed by atoms with E-state index in [1.54, 1.807) is 4.57 Å². The molecule has 6 aromatic heterocycles. The third kappa shape index (κ3) is 13.3. The van der Waals surface area contributed by atoms with Gasteiger partial charge in [-0.3, -0.25) is 0 Å². The lowest BCUT2D eigenvalue weighted by atomic mass is 10.1. The Morgan fingerprint density at radius 1 is 0.593 bits per heavy atom. The van der Waals surface area contributed by atoms with Gasteiger partial charge in [0.2, 0.25) is 0 Å². The summed E-state index contributed by atoms with van der Waals surface area (Å²) in [6, 6.07) is 0. The quantitative estimate of drug-likeness (QED) is 0.0597. The van der Waals surface area contributed by atoms with Gasteiger partial charge in [0.1, 0.15) is 106 Å². The predicted molar refractivity (Wildman–Crippen MR) is 299 cm³/mol. The first-order valence-corrected chi connectivity index (χ1v) is 33.5. The largest absolute Gasteiger partial charge is 0.414 e. The topological polar surface area (TPSA) is 247 Å². The molecule has 81 heavy (non-hydrogen) atoms. The van der Waals surface area contributed by atoms with E-state index in [2.05, 4.69) is 103 Å². The zero-order chi connectivity index (χ0) is 59.7. The molecule has 6 aromatic rings. The summed E-state index contributed by atoms with van der Waals surface area (Å²) in [7, 11) is -3.78. The minimum absolute atomic E-state index is 0.00639. The van der Waals surface area contributed by atoms with Gasteiger partial charge in [0.25, 0.3) is 0 Å². The molecule has 0 aromatic carbocycles. The Labute approximate surface area is 488 Å². The molecular weight excluding hydrogens is 1190 g/mol. The molecule has 0 radical (unpaired) electrons. The number of aliphatic hydroxyl groups is 3. The molecule has 12 atom stereocenters. The van der Waals surface area contributed by atoms with E-state index in [0.717, 1.165) is 12.5 Å². The second-order valence-electron chi connectivity index (χ2n) is 24.1. The zero-order valence-corrected chi connectivity index (χ0v) is 52.3. The number of nitrogens with zero attached hydrogens (tertiary/aromatic N) is 8. The maximum atomic E-state index is 14.6. The molecule has 0 saturated carbocycles.